The molecule has 1 aromatic heterocycles. The van der Waals surface area contributed by atoms with Crippen molar-refractivity contribution in [1.82, 2.24) is 20.6 Å². The van der Waals surface area contributed by atoms with Crippen molar-refractivity contribution in [2.24, 2.45) is 0 Å². The van der Waals surface area contributed by atoms with Crippen molar-refractivity contribution < 1.29 is 4.74 Å². The van der Waals surface area contributed by atoms with Crippen LogP contribution in [0.1, 0.15) is 24.4 Å². The van der Waals surface area contributed by atoms with Crippen LogP contribution in [0.4, 0.5) is 0 Å². The smallest absolute Gasteiger partial charge is 0.189 e. The molecule has 2 aromatic rings. The van der Waals surface area contributed by atoms with E-state index in [2.05, 4.69) is 27.2 Å². The van der Waals surface area contributed by atoms with Gasteiger partial charge >= 0.3 is 0 Å². The van der Waals surface area contributed by atoms with Gasteiger partial charge in [0.25, 0.3) is 0 Å². The fourth-order valence-corrected chi connectivity index (χ4v) is 1.55. The largest absolute Gasteiger partial charge is 0.482 e. The van der Waals surface area contributed by atoms with Crippen LogP contribution in [0.15, 0.2) is 24.8 Å². The highest BCUT2D eigenvalue weighted by molar-refractivity contribution is 6.30. The van der Waals surface area contributed by atoms with E-state index in [-0.39, 0.29) is 6.10 Å². The summed E-state index contributed by atoms with van der Waals surface area (Å²) in [6.07, 6.45) is 1.41. The Kier molecular flexibility index (Phi) is 3.39. The Bertz CT molecular complexity index is 512. The molecule has 17 heavy (non-hydrogen) atoms. The Morgan fingerprint density at radius 3 is 3.00 bits per heavy atom. The van der Waals surface area contributed by atoms with Gasteiger partial charge in [0, 0.05) is 10.6 Å². The minimum absolute atomic E-state index is 0.273. The molecule has 0 aliphatic carbocycles. The molecule has 1 heterocycles. The number of aromatic amines is 1. The molecule has 0 saturated carbocycles. The van der Waals surface area contributed by atoms with Crippen molar-refractivity contribution in [3.05, 3.63) is 41.2 Å². The van der Waals surface area contributed by atoms with Crippen molar-refractivity contribution in [1.29, 1.82) is 0 Å². The zero-order valence-electron chi connectivity index (χ0n) is 9.22. The first-order valence-corrected chi connectivity index (χ1v) is 5.40. The van der Waals surface area contributed by atoms with Gasteiger partial charge in [-0.15, -0.1) is 5.10 Å². The molecule has 1 N–H and O–H groups in total. The molecule has 0 saturated heterocycles. The monoisotopic (exact) mass is 250 g/mol. The lowest BCUT2D eigenvalue weighted by atomic mass is 10.2. The van der Waals surface area contributed by atoms with E-state index in [1.807, 2.05) is 6.92 Å². The standard InChI is InChI=1S/C11H11ClN4O/c1-3-8-6-9(12)4-5-10(8)17-7(2)11-13-15-16-14-11/h3-7H,1H2,2H3,(H,13,14,15,16)/t7-/m0/s1. The number of H-pyrrole nitrogens is 1. The molecule has 2 rings (SSSR count). The van der Waals surface area contributed by atoms with E-state index in [4.69, 9.17) is 16.3 Å². The third-order valence-electron chi connectivity index (χ3n) is 2.24. The van der Waals surface area contributed by atoms with Gasteiger partial charge in [-0.05, 0) is 35.5 Å². The van der Waals surface area contributed by atoms with Gasteiger partial charge < -0.3 is 4.74 Å². The Hall–Kier alpha value is -1.88. The number of hydrogen-bond acceptors (Lipinski definition) is 4. The molecule has 0 amide bonds. The van der Waals surface area contributed by atoms with E-state index in [0.717, 1.165) is 5.56 Å². The van der Waals surface area contributed by atoms with E-state index >= 15 is 0 Å². The molecular weight excluding hydrogens is 240 g/mol. The average Bonchev–Trinajstić information content (AvgIpc) is 2.85. The van der Waals surface area contributed by atoms with Crippen LogP contribution < -0.4 is 4.74 Å². The molecule has 0 unspecified atom stereocenters. The van der Waals surface area contributed by atoms with Gasteiger partial charge in [-0.3, -0.25) is 0 Å². The van der Waals surface area contributed by atoms with Gasteiger partial charge in [0.1, 0.15) is 5.75 Å². The summed E-state index contributed by atoms with van der Waals surface area (Å²) in [5, 5.41) is 14.1. The summed E-state index contributed by atoms with van der Waals surface area (Å²) in [5.41, 5.74) is 0.830. The van der Waals surface area contributed by atoms with E-state index in [9.17, 15) is 0 Å². The highest BCUT2D eigenvalue weighted by Gasteiger charge is 2.12. The molecular formula is C11H11ClN4O. The molecule has 0 spiro atoms. The molecule has 6 heteroatoms. The normalized spacial score (nSPS) is 12.1. The van der Waals surface area contributed by atoms with Gasteiger partial charge in [0.2, 0.25) is 0 Å². The van der Waals surface area contributed by atoms with Gasteiger partial charge in [0.15, 0.2) is 11.9 Å². The molecule has 0 radical (unpaired) electrons. The molecule has 5 nitrogen and oxygen atoms in total. The molecule has 0 aliphatic rings. The Balaban J connectivity index is 2.21. The van der Waals surface area contributed by atoms with Crippen LogP contribution in [0.25, 0.3) is 6.08 Å². The second kappa shape index (κ2) is 4.97. The van der Waals surface area contributed by atoms with Crippen LogP contribution in [-0.4, -0.2) is 20.6 Å². The summed E-state index contributed by atoms with van der Waals surface area (Å²) in [7, 11) is 0. The van der Waals surface area contributed by atoms with E-state index in [1.54, 1.807) is 24.3 Å². The van der Waals surface area contributed by atoms with Gasteiger partial charge in [-0.25, -0.2) is 5.10 Å². The summed E-state index contributed by atoms with van der Waals surface area (Å²) in [5.74, 6) is 1.25. The minimum Gasteiger partial charge on any atom is -0.482 e. The van der Waals surface area contributed by atoms with Crippen molar-refractivity contribution >= 4 is 17.7 Å². The van der Waals surface area contributed by atoms with Crippen LogP contribution in [0.2, 0.25) is 5.02 Å². The highest BCUT2D eigenvalue weighted by atomic mass is 35.5. The van der Waals surface area contributed by atoms with Crippen molar-refractivity contribution in [2.45, 2.75) is 13.0 Å². The second-order valence-corrected chi connectivity index (χ2v) is 3.87. The van der Waals surface area contributed by atoms with Crippen LogP contribution in [0, 0.1) is 0 Å². The summed E-state index contributed by atoms with van der Waals surface area (Å²) in [6, 6.07) is 5.34. The van der Waals surface area contributed by atoms with E-state index < -0.39 is 0 Å². The zero-order valence-corrected chi connectivity index (χ0v) is 9.98. The zero-order chi connectivity index (χ0) is 12.3. The van der Waals surface area contributed by atoms with E-state index in [0.29, 0.717) is 16.6 Å². The molecule has 1 aromatic carbocycles. The molecule has 88 valence electrons. The maximum absolute atomic E-state index is 5.89. The SMILES string of the molecule is C=Cc1cc(Cl)ccc1O[C@@H](C)c1nnn[nH]1. The number of rotatable bonds is 4. The number of nitrogens with zero attached hydrogens (tertiary/aromatic N) is 3. The first-order valence-electron chi connectivity index (χ1n) is 5.03. The predicted molar refractivity (Wildman–Crippen MR) is 64.8 cm³/mol. The second-order valence-electron chi connectivity index (χ2n) is 3.43. The third-order valence-corrected chi connectivity index (χ3v) is 2.48. The van der Waals surface area contributed by atoms with Crippen molar-refractivity contribution in [2.75, 3.05) is 0 Å². The number of tetrazole rings is 1. The lowest BCUT2D eigenvalue weighted by Crippen LogP contribution is -2.06. The Morgan fingerprint density at radius 1 is 1.53 bits per heavy atom. The highest BCUT2D eigenvalue weighted by Crippen LogP contribution is 2.27. The summed E-state index contributed by atoms with van der Waals surface area (Å²) in [6.45, 7) is 5.57. The minimum atomic E-state index is -0.273. The summed E-state index contributed by atoms with van der Waals surface area (Å²) < 4.78 is 5.73. The van der Waals surface area contributed by atoms with Gasteiger partial charge in [0.05, 0.1) is 0 Å². The quantitative estimate of drug-likeness (QED) is 0.906. The van der Waals surface area contributed by atoms with Crippen LogP contribution in [0.3, 0.4) is 0 Å². The fraction of sp³-hybridized carbons (Fsp3) is 0.182. The number of halogens is 1. The fourth-order valence-electron chi connectivity index (χ4n) is 1.37. The van der Waals surface area contributed by atoms with Crippen molar-refractivity contribution in [3.8, 4) is 5.75 Å². The average molecular weight is 251 g/mol. The van der Waals surface area contributed by atoms with Crippen molar-refractivity contribution in [3.63, 3.8) is 0 Å². The third kappa shape index (κ3) is 2.62. The summed E-state index contributed by atoms with van der Waals surface area (Å²) in [4.78, 5) is 0. The van der Waals surface area contributed by atoms with Gasteiger partial charge in [-0.2, -0.15) is 0 Å². The number of ether oxygens (including phenoxy) is 1. The molecule has 0 aliphatic heterocycles. The first kappa shape index (κ1) is 11.6. The van der Waals surface area contributed by atoms with Crippen LogP contribution in [-0.2, 0) is 0 Å². The van der Waals surface area contributed by atoms with Crippen LogP contribution >= 0.6 is 11.6 Å². The Labute approximate surface area is 103 Å². The first-order chi connectivity index (χ1) is 8.20. The summed E-state index contributed by atoms with van der Waals surface area (Å²) >= 11 is 5.89. The number of benzene rings is 1. The van der Waals surface area contributed by atoms with E-state index in [1.165, 1.54) is 0 Å². The Morgan fingerprint density at radius 2 is 2.35 bits per heavy atom. The lowest BCUT2D eigenvalue weighted by molar-refractivity contribution is 0.216. The van der Waals surface area contributed by atoms with Crippen LogP contribution in [0.5, 0.6) is 5.75 Å². The maximum atomic E-state index is 5.89. The maximum Gasteiger partial charge on any atom is 0.189 e. The number of aromatic nitrogens is 4. The number of nitrogens with one attached hydrogen (secondary N) is 1. The number of hydrogen-bond donors (Lipinski definition) is 1. The molecule has 0 fully saturated rings. The predicted octanol–water partition coefficient (Wildman–Crippen LogP) is 2.64. The van der Waals surface area contributed by atoms with Gasteiger partial charge in [-0.1, -0.05) is 24.3 Å². The molecule has 1 atom stereocenters. The topological polar surface area (TPSA) is 63.7 Å². The molecule has 0 bridgehead atoms. The lowest BCUT2D eigenvalue weighted by Gasteiger charge is -2.13.